The Bertz CT molecular complexity index is 1060. The quantitative estimate of drug-likeness (QED) is 0.172. The number of hydrogen-bond donors (Lipinski definition) is 3. The number of Topliss-reactive ketones (excluding diaryl/α,β-unsaturated/α-hetero) is 1. The molecular formula is C30H50N4O3S. The fraction of sp³-hybridized carbons (Fsp3) is 0.633. The van der Waals surface area contributed by atoms with Gasteiger partial charge in [0.25, 0.3) is 0 Å². The van der Waals surface area contributed by atoms with Crippen LogP contribution in [0.25, 0.3) is 10.8 Å². The van der Waals surface area contributed by atoms with Gasteiger partial charge in [0.05, 0.1) is 4.90 Å². The van der Waals surface area contributed by atoms with E-state index in [-0.39, 0.29) is 0 Å². The Kier molecular flexibility index (Phi) is 15.5. The van der Waals surface area contributed by atoms with Gasteiger partial charge in [-0.05, 0) is 63.9 Å². The summed E-state index contributed by atoms with van der Waals surface area (Å²) in [6.45, 7) is 3.24. The Balaban J connectivity index is 1.54. The molecule has 0 atom stereocenters. The molecule has 0 radical (unpaired) electrons. The van der Waals surface area contributed by atoms with Crippen molar-refractivity contribution in [2.24, 2.45) is 5.73 Å². The van der Waals surface area contributed by atoms with Crippen molar-refractivity contribution in [1.82, 2.24) is 10.0 Å². The minimum absolute atomic E-state index is 0.309. The maximum absolute atomic E-state index is 13.0. The number of ketones is 1. The average Bonchev–Trinajstić information content (AvgIpc) is 2.90. The molecule has 2 aromatic rings. The smallest absolute Gasteiger partial charge is 0.241 e. The van der Waals surface area contributed by atoms with Crippen LogP contribution in [0, 0.1) is 0 Å². The third-order valence-electron chi connectivity index (χ3n) is 6.92. The number of rotatable bonds is 22. The topological polar surface area (TPSA) is 105 Å². The number of nitrogens with two attached hydrogens (primary N) is 1. The molecule has 0 bridgehead atoms. The van der Waals surface area contributed by atoms with E-state index in [1.54, 1.807) is 12.1 Å². The maximum atomic E-state index is 13.0. The average molecular weight is 547 g/mol. The van der Waals surface area contributed by atoms with Crippen molar-refractivity contribution in [1.29, 1.82) is 0 Å². The molecule has 0 aromatic heterocycles. The van der Waals surface area contributed by atoms with Gasteiger partial charge in [0, 0.05) is 49.9 Å². The molecule has 7 nitrogen and oxygen atoms in total. The fourth-order valence-corrected chi connectivity index (χ4v) is 6.02. The summed E-state index contributed by atoms with van der Waals surface area (Å²) >= 11 is 0. The third kappa shape index (κ3) is 11.8. The Labute approximate surface area is 231 Å². The Morgan fingerprint density at radius 1 is 0.737 bits per heavy atom. The predicted octanol–water partition coefficient (Wildman–Crippen LogP) is 5.37. The van der Waals surface area contributed by atoms with Crippen LogP contribution in [0.4, 0.5) is 5.69 Å². The van der Waals surface area contributed by atoms with E-state index >= 15 is 0 Å². The van der Waals surface area contributed by atoms with E-state index < -0.39 is 10.0 Å². The first-order valence-electron chi connectivity index (χ1n) is 14.5. The number of sulfonamides is 1. The molecule has 2 rings (SSSR count). The number of benzene rings is 2. The van der Waals surface area contributed by atoms with Crippen molar-refractivity contribution in [2.75, 3.05) is 45.2 Å². The van der Waals surface area contributed by atoms with E-state index in [4.69, 9.17) is 5.73 Å². The van der Waals surface area contributed by atoms with Crippen LogP contribution in [0.5, 0.6) is 0 Å². The summed E-state index contributed by atoms with van der Waals surface area (Å²) < 4.78 is 28.7. The molecule has 38 heavy (non-hydrogen) atoms. The minimum atomic E-state index is -3.61. The number of hydrogen-bond acceptors (Lipinski definition) is 6. The molecule has 0 fully saturated rings. The summed E-state index contributed by atoms with van der Waals surface area (Å²) in [7, 11) is 0.298. The van der Waals surface area contributed by atoms with Crippen molar-refractivity contribution in [3.63, 3.8) is 0 Å². The van der Waals surface area contributed by atoms with Crippen LogP contribution in [-0.2, 0) is 14.8 Å². The Morgan fingerprint density at radius 3 is 1.97 bits per heavy atom. The van der Waals surface area contributed by atoms with Gasteiger partial charge >= 0.3 is 0 Å². The van der Waals surface area contributed by atoms with Crippen molar-refractivity contribution < 1.29 is 13.2 Å². The first-order chi connectivity index (χ1) is 18.4. The monoisotopic (exact) mass is 546 g/mol. The molecule has 0 aliphatic heterocycles. The molecule has 0 saturated heterocycles. The fourth-order valence-electron chi connectivity index (χ4n) is 4.73. The van der Waals surface area contributed by atoms with Gasteiger partial charge in [-0.1, -0.05) is 62.8 Å². The number of carbonyl (C=O) groups is 1. The van der Waals surface area contributed by atoms with Crippen molar-refractivity contribution in [2.45, 2.75) is 88.4 Å². The maximum Gasteiger partial charge on any atom is 0.241 e. The molecule has 0 aliphatic rings. The number of nitrogens with zero attached hydrogens (tertiary/aromatic N) is 1. The molecule has 0 heterocycles. The van der Waals surface area contributed by atoms with Gasteiger partial charge in [-0.3, -0.25) is 4.79 Å². The number of unbranched alkanes of at least 4 members (excludes halogenated alkanes) is 8. The zero-order chi connectivity index (χ0) is 27.6. The molecule has 214 valence electrons. The highest BCUT2D eigenvalue weighted by Crippen LogP contribution is 2.30. The molecule has 0 amide bonds. The molecule has 0 saturated carbocycles. The first-order valence-corrected chi connectivity index (χ1v) is 16.0. The van der Waals surface area contributed by atoms with Crippen LogP contribution >= 0.6 is 0 Å². The van der Waals surface area contributed by atoms with Crippen LogP contribution in [0.1, 0.15) is 83.5 Å². The largest absolute Gasteiger partial charge is 0.377 e. The zero-order valence-electron chi connectivity index (χ0n) is 23.6. The SMILES string of the molecule is CN(C)c1cccc2c(S(=O)(=O)NCCCCCC(=O)CCCCCCCCCNCCCN)cccc12. The predicted molar refractivity (Wildman–Crippen MR) is 160 cm³/mol. The summed E-state index contributed by atoms with van der Waals surface area (Å²) in [5.74, 6) is 0.335. The third-order valence-corrected chi connectivity index (χ3v) is 8.44. The van der Waals surface area contributed by atoms with E-state index in [0.717, 1.165) is 74.6 Å². The van der Waals surface area contributed by atoms with Gasteiger partial charge < -0.3 is 16.0 Å². The second kappa shape index (κ2) is 18.3. The number of nitrogens with one attached hydrogen (secondary N) is 2. The Morgan fingerprint density at radius 2 is 1.29 bits per heavy atom. The minimum Gasteiger partial charge on any atom is -0.377 e. The second-order valence-corrected chi connectivity index (χ2v) is 12.1. The second-order valence-electron chi connectivity index (χ2n) is 10.4. The van der Waals surface area contributed by atoms with Crippen molar-refractivity contribution in [3.05, 3.63) is 36.4 Å². The molecular weight excluding hydrogens is 496 g/mol. The molecule has 0 aliphatic carbocycles. The van der Waals surface area contributed by atoms with E-state index in [1.807, 2.05) is 43.3 Å². The molecule has 2 aromatic carbocycles. The molecule has 0 spiro atoms. The van der Waals surface area contributed by atoms with Crippen LogP contribution in [0.2, 0.25) is 0 Å². The lowest BCUT2D eigenvalue weighted by Gasteiger charge is -2.17. The van der Waals surface area contributed by atoms with Crippen LogP contribution in [0.3, 0.4) is 0 Å². The van der Waals surface area contributed by atoms with Gasteiger partial charge in [0.15, 0.2) is 0 Å². The highest BCUT2D eigenvalue weighted by atomic mass is 32.2. The highest BCUT2D eigenvalue weighted by Gasteiger charge is 2.18. The van der Waals surface area contributed by atoms with Crippen molar-refractivity contribution >= 4 is 32.3 Å². The summed E-state index contributed by atoms with van der Waals surface area (Å²) in [4.78, 5) is 14.5. The molecule has 0 unspecified atom stereocenters. The van der Waals surface area contributed by atoms with Crippen LogP contribution in [-0.4, -0.2) is 54.5 Å². The standard InChI is InChI=1S/C30H50N4O3S/c1-34(2)29-20-13-19-28-27(29)18-14-21-30(28)38(36,37)33-25-12-8-10-17-26(35)16-9-6-4-3-5-7-11-23-32-24-15-22-31/h13-14,18-21,32-33H,3-12,15-17,22-25,31H2,1-2H3. The number of carbonyl (C=O) groups excluding carboxylic acids is 1. The Hall–Kier alpha value is -2.00. The molecule has 8 heteroatoms. The highest BCUT2D eigenvalue weighted by molar-refractivity contribution is 7.89. The lowest BCUT2D eigenvalue weighted by atomic mass is 10.0. The normalized spacial score (nSPS) is 11.8. The van der Waals surface area contributed by atoms with Gasteiger partial charge in [0.2, 0.25) is 10.0 Å². The van der Waals surface area contributed by atoms with E-state index in [2.05, 4.69) is 10.0 Å². The lowest BCUT2D eigenvalue weighted by Crippen LogP contribution is -2.25. The van der Waals surface area contributed by atoms with E-state index in [0.29, 0.717) is 30.1 Å². The van der Waals surface area contributed by atoms with Crippen molar-refractivity contribution in [3.8, 4) is 0 Å². The van der Waals surface area contributed by atoms with Gasteiger partial charge in [-0.25, -0.2) is 13.1 Å². The zero-order valence-corrected chi connectivity index (χ0v) is 24.5. The summed E-state index contributed by atoms with van der Waals surface area (Å²) in [6, 6.07) is 11.1. The molecule has 4 N–H and O–H groups in total. The lowest BCUT2D eigenvalue weighted by molar-refractivity contribution is -0.119. The van der Waals surface area contributed by atoms with Gasteiger partial charge in [0.1, 0.15) is 5.78 Å². The van der Waals surface area contributed by atoms with E-state index in [9.17, 15) is 13.2 Å². The van der Waals surface area contributed by atoms with Crippen LogP contribution < -0.4 is 20.7 Å². The number of anilines is 1. The first kappa shape index (κ1) is 32.2. The van der Waals surface area contributed by atoms with Gasteiger partial charge in [-0.15, -0.1) is 0 Å². The number of fused-ring (bicyclic) bond motifs is 1. The van der Waals surface area contributed by atoms with E-state index in [1.165, 1.54) is 32.1 Å². The van der Waals surface area contributed by atoms with Gasteiger partial charge in [-0.2, -0.15) is 0 Å². The summed E-state index contributed by atoms with van der Waals surface area (Å²) in [5, 5.41) is 5.06. The summed E-state index contributed by atoms with van der Waals surface area (Å²) in [6.07, 6.45) is 13.1. The summed E-state index contributed by atoms with van der Waals surface area (Å²) in [5.41, 5.74) is 6.47. The van der Waals surface area contributed by atoms with Crippen LogP contribution in [0.15, 0.2) is 41.3 Å².